The molecule has 1 saturated heterocycles. The highest BCUT2D eigenvalue weighted by Crippen LogP contribution is 2.24. The van der Waals surface area contributed by atoms with Crippen LogP contribution in [0, 0.1) is 6.92 Å². The molecule has 0 aliphatic carbocycles. The second kappa shape index (κ2) is 7.45. The molecule has 2 rings (SSSR count). The summed E-state index contributed by atoms with van der Waals surface area (Å²) in [5, 5.41) is 3.23. The van der Waals surface area contributed by atoms with Crippen molar-refractivity contribution in [1.29, 1.82) is 0 Å². The highest BCUT2D eigenvalue weighted by molar-refractivity contribution is 7.89. The lowest BCUT2D eigenvalue weighted by molar-refractivity contribution is 0.432. The molecule has 1 aliphatic rings. The number of rotatable bonds is 3. The Hall–Kier alpha value is -0.820. The molecule has 1 fully saturated rings. The van der Waals surface area contributed by atoms with Gasteiger partial charge in [0.05, 0.1) is 4.90 Å². The average molecular weight is 334 g/mol. The van der Waals surface area contributed by atoms with E-state index in [2.05, 4.69) is 5.32 Å². The lowest BCUT2D eigenvalue weighted by Crippen LogP contribution is -2.34. The van der Waals surface area contributed by atoms with E-state index < -0.39 is 10.0 Å². The summed E-state index contributed by atoms with van der Waals surface area (Å²) in [6.07, 6.45) is 0.853. The predicted octanol–water partition coefficient (Wildman–Crippen LogP) is 1.47. The second-order valence-electron chi connectivity index (χ2n) is 5.35. The Bertz CT molecular complexity index is 568. The molecular weight excluding hydrogens is 310 g/mol. The van der Waals surface area contributed by atoms with Gasteiger partial charge in [-0.15, -0.1) is 12.4 Å². The van der Waals surface area contributed by atoms with E-state index in [-0.39, 0.29) is 12.4 Å². The van der Waals surface area contributed by atoms with Gasteiger partial charge in [-0.1, -0.05) is 6.07 Å². The maximum Gasteiger partial charge on any atom is 0.243 e. The molecule has 1 aromatic rings. The van der Waals surface area contributed by atoms with Crippen molar-refractivity contribution in [2.24, 2.45) is 0 Å². The molecule has 7 heteroatoms. The molecule has 0 atom stereocenters. The van der Waals surface area contributed by atoms with Crippen molar-refractivity contribution >= 4 is 28.1 Å². The molecule has 1 aliphatic heterocycles. The molecule has 1 aromatic carbocycles. The van der Waals surface area contributed by atoms with Crippen LogP contribution in [0.25, 0.3) is 0 Å². The van der Waals surface area contributed by atoms with Gasteiger partial charge in [0.25, 0.3) is 0 Å². The van der Waals surface area contributed by atoms with E-state index in [1.807, 2.05) is 32.0 Å². The summed E-state index contributed by atoms with van der Waals surface area (Å²) in [6, 6.07) is 5.34. The number of anilines is 1. The topological polar surface area (TPSA) is 52.7 Å². The maximum absolute atomic E-state index is 12.7. The third-order valence-corrected chi connectivity index (χ3v) is 5.49. The standard InChI is InChI=1S/C14H23N3O2S.ClH/c1-12-5-6-13(11-14(12)16(2)3)20(18,19)17-9-4-7-15-8-10-17;/h5-6,11,15H,4,7-10H2,1-3H3;1H. The molecule has 0 bridgehead atoms. The molecule has 1 N–H and O–H groups in total. The summed E-state index contributed by atoms with van der Waals surface area (Å²) in [7, 11) is 0.459. The third kappa shape index (κ3) is 4.10. The first kappa shape index (κ1) is 18.2. The quantitative estimate of drug-likeness (QED) is 0.910. The number of nitrogens with one attached hydrogen (secondary N) is 1. The zero-order valence-electron chi connectivity index (χ0n) is 12.8. The van der Waals surface area contributed by atoms with Crippen LogP contribution in [0.4, 0.5) is 5.69 Å². The number of hydrogen-bond acceptors (Lipinski definition) is 4. The van der Waals surface area contributed by atoms with Crippen molar-refractivity contribution in [3.63, 3.8) is 0 Å². The average Bonchev–Trinajstić information content (AvgIpc) is 2.67. The first-order valence-corrected chi connectivity index (χ1v) is 8.36. The van der Waals surface area contributed by atoms with E-state index in [0.29, 0.717) is 24.5 Å². The van der Waals surface area contributed by atoms with Crippen molar-refractivity contribution in [1.82, 2.24) is 9.62 Å². The lowest BCUT2D eigenvalue weighted by atomic mass is 10.2. The van der Waals surface area contributed by atoms with Crippen LogP contribution in [0.5, 0.6) is 0 Å². The summed E-state index contributed by atoms with van der Waals surface area (Å²) in [5.74, 6) is 0. The van der Waals surface area contributed by atoms with E-state index in [1.165, 1.54) is 0 Å². The van der Waals surface area contributed by atoms with E-state index in [0.717, 1.165) is 24.2 Å². The Labute approximate surface area is 133 Å². The van der Waals surface area contributed by atoms with Gasteiger partial charge in [-0.2, -0.15) is 4.31 Å². The van der Waals surface area contributed by atoms with Crippen molar-refractivity contribution in [3.05, 3.63) is 23.8 Å². The number of aryl methyl sites for hydroxylation is 1. The van der Waals surface area contributed by atoms with Gasteiger partial charge < -0.3 is 10.2 Å². The summed E-state index contributed by atoms with van der Waals surface area (Å²) < 4.78 is 27.0. The molecule has 0 aromatic heterocycles. The van der Waals surface area contributed by atoms with E-state index in [1.54, 1.807) is 16.4 Å². The fourth-order valence-corrected chi connectivity index (χ4v) is 3.94. The first-order valence-electron chi connectivity index (χ1n) is 6.92. The van der Waals surface area contributed by atoms with Gasteiger partial charge in [-0.05, 0) is 37.6 Å². The second-order valence-corrected chi connectivity index (χ2v) is 7.29. The predicted molar refractivity (Wildman–Crippen MR) is 89.0 cm³/mol. The molecule has 1 heterocycles. The van der Waals surface area contributed by atoms with Crippen LogP contribution in [0.2, 0.25) is 0 Å². The highest BCUT2D eigenvalue weighted by atomic mass is 35.5. The van der Waals surface area contributed by atoms with Gasteiger partial charge in [0.2, 0.25) is 10.0 Å². The van der Waals surface area contributed by atoms with Crippen LogP contribution < -0.4 is 10.2 Å². The SMILES string of the molecule is Cc1ccc(S(=O)(=O)N2CCCNCC2)cc1N(C)C.Cl. The Morgan fingerprint density at radius 1 is 1.19 bits per heavy atom. The lowest BCUT2D eigenvalue weighted by Gasteiger charge is -2.22. The molecule has 0 amide bonds. The Morgan fingerprint density at radius 2 is 1.90 bits per heavy atom. The van der Waals surface area contributed by atoms with Crippen molar-refractivity contribution in [2.75, 3.05) is 45.2 Å². The van der Waals surface area contributed by atoms with Crippen LogP contribution in [-0.4, -0.2) is 53.0 Å². The normalized spacial score (nSPS) is 16.9. The summed E-state index contributed by atoms with van der Waals surface area (Å²) in [6.45, 7) is 4.70. The third-order valence-electron chi connectivity index (χ3n) is 3.60. The van der Waals surface area contributed by atoms with Gasteiger partial charge >= 0.3 is 0 Å². The van der Waals surface area contributed by atoms with Crippen molar-refractivity contribution in [2.45, 2.75) is 18.2 Å². The largest absolute Gasteiger partial charge is 0.377 e. The molecule has 120 valence electrons. The monoisotopic (exact) mass is 333 g/mol. The first-order chi connectivity index (χ1) is 9.43. The van der Waals surface area contributed by atoms with Gasteiger partial charge in [0, 0.05) is 39.4 Å². The molecule has 0 radical (unpaired) electrons. The Morgan fingerprint density at radius 3 is 2.57 bits per heavy atom. The van der Waals surface area contributed by atoms with E-state index in [9.17, 15) is 8.42 Å². The molecule has 0 unspecified atom stereocenters. The van der Waals surface area contributed by atoms with Crippen LogP contribution >= 0.6 is 12.4 Å². The van der Waals surface area contributed by atoms with Crippen molar-refractivity contribution in [3.8, 4) is 0 Å². The Kier molecular flexibility index (Phi) is 6.46. The molecule has 0 spiro atoms. The fraction of sp³-hybridized carbons (Fsp3) is 0.571. The van der Waals surface area contributed by atoms with Crippen LogP contribution in [0.3, 0.4) is 0 Å². The molecule has 0 saturated carbocycles. The number of nitrogens with zero attached hydrogens (tertiary/aromatic N) is 2. The van der Waals surface area contributed by atoms with E-state index >= 15 is 0 Å². The van der Waals surface area contributed by atoms with Crippen LogP contribution in [0.1, 0.15) is 12.0 Å². The highest BCUT2D eigenvalue weighted by Gasteiger charge is 2.25. The summed E-state index contributed by atoms with van der Waals surface area (Å²) in [4.78, 5) is 2.33. The van der Waals surface area contributed by atoms with Gasteiger partial charge in [0.1, 0.15) is 0 Å². The minimum atomic E-state index is -3.39. The maximum atomic E-state index is 12.7. The van der Waals surface area contributed by atoms with Crippen molar-refractivity contribution < 1.29 is 8.42 Å². The van der Waals surface area contributed by atoms with Crippen LogP contribution in [0.15, 0.2) is 23.1 Å². The van der Waals surface area contributed by atoms with Crippen LogP contribution in [-0.2, 0) is 10.0 Å². The number of benzene rings is 1. The summed E-state index contributed by atoms with van der Waals surface area (Å²) >= 11 is 0. The number of sulfonamides is 1. The van der Waals surface area contributed by atoms with Gasteiger partial charge in [0.15, 0.2) is 0 Å². The van der Waals surface area contributed by atoms with E-state index in [4.69, 9.17) is 0 Å². The van der Waals surface area contributed by atoms with Gasteiger partial charge in [-0.25, -0.2) is 8.42 Å². The number of hydrogen-bond donors (Lipinski definition) is 1. The van der Waals surface area contributed by atoms with Gasteiger partial charge in [-0.3, -0.25) is 0 Å². The zero-order valence-corrected chi connectivity index (χ0v) is 14.4. The summed E-state index contributed by atoms with van der Waals surface area (Å²) in [5.41, 5.74) is 2.02. The molecule has 21 heavy (non-hydrogen) atoms. The molecular formula is C14H24ClN3O2S. The minimum absolute atomic E-state index is 0. The minimum Gasteiger partial charge on any atom is -0.377 e. The number of halogens is 1. The zero-order chi connectivity index (χ0) is 14.8. The molecule has 5 nitrogen and oxygen atoms in total. The fourth-order valence-electron chi connectivity index (χ4n) is 2.44. The Balaban J connectivity index is 0.00000220. The smallest absolute Gasteiger partial charge is 0.243 e.